The molecule has 0 radical (unpaired) electrons. The maximum Gasteiger partial charge on any atom is 0.238 e. The average molecular weight is 392 g/mol. The SMILES string of the molecule is NS(=O)(=O)c1ccc(CCNC(=O)C2CNNC2c2ccc(F)cc2)cc1. The number of halogens is 1. The number of amides is 1. The second-order valence-electron chi connectivity index (χ2n) is 6.39. The fraction of sp³-hybridized carbons (Fsp3) is 0.278. The number of carbonyl (C=O) groups is 1. The molecule has 2 aromatic carbocycles. The normalized spacial score (nSPS) is 19.8. The number of carbonyl (C=O) groups excluding carboxylic acids is 1. The standard InChI is InChI=1S/C18H21FN4O3S/c19-14-5-3-13(4-6-14)17-16(11-22-23-17)18(24)21-10-9-12-1-7-15(8-2-12)27(20,25)26/h1-8,16-17,22-23H,9-11H2,(H,21,24)(H2,20,25,26). The quantitative estimate of drug-likeness (QED) is 0.575. The first-order valence-electron chi connectivity index (χ1n) is 8.48. The topological polar surface area (TPSA) is 113 Å². The lowest BCUT2D eigenvalue weighted by atomic mass is 9.94. The summed E-state index contributed by atoms with van der Waals surface area (Å²) in [6.07, 6.45) is 0.561. The van der Waals surface area contributed by atoms with Gasteiger partial charge in [-0.2, -0.15) is 0 Å². The second-order valence-corrected chi connectivity index (χ2v) is 7.95. The Morgan fingerprint density at radius 1 is 1.15 bits per heavy atom. The monoisotopic (exact) mass is 392 g/mol. The number of sulfonamides is 1. The summed E-state index contributed by atoms with van der Waals surface area (Å²) in [5, 5.41) is 7.96. The highest BCUT2D eigenvalue weighted by molar-refractivity contribution is 7.89. The number of nitrogens with two attached hydrogens (primary N) is 1. The summed E-state index contributed by atoms with van der Waals surface area (Å²) in [4.78, 5) is 12.6. The molecule has 0 aromatic heterocycles. The molecule has 0 aliphatic carbocycles. The number of primary sulfonamides is 1. The zero-order valence-electron chi connectivity index (χ0n) is 14.5. The maximum atomic E-state index is 13.1. The average Bonchev–Trinajstić information content (AvgIpc) is 3.12. The molecule has 1 aliphatic heterocycles. The summed E-state index contributed by atoms with van der Waals surface area (Å²) in [6.45, 7) is 0.886. The van der Waals surface area contributed by atoms with Gasteiger partial charge in [-0.3, -0.25) is 10.2 Å². The molecule has 2 aromatic rings. The fourth-order valence-electron chi connectivity index (χ4n) is 3.03. The summed E-state index contributed by atoms with van der Waals surface area (Å²) in [5.74, 6) is -0.748. The summed E-state index contributed by atoms with van der Waals surface area (Å²) in [5.41, 5.74) is 7.74. The molecule has 9 heteroatoms. The number of hydrazine groups is 1. The first-order valence-corrected chi connectivity index (χ1v) is 10.0. The van der Waals surface area contributed by atoms with Crippen molar-refractivity contribution in [1.82, 2.24) is 16.2 Å². The molecule has 2 atom stereocenters. The highest BCUT2D eigenvalue weighted by Crippen LogP contribution is 2.25. The van der Waals surface area contributed by atoms with Crippen LogP contribution in [-0.4, -0.2) is 27.4 Å². The van der Waals surface area contributed by atoms with Crippen LogP contribution in [0.15, 0.2) is 53.4 Å². The lowest BCUT2D eigenvalue weighted by molar-refractivity contribution is -0.124. The number of rotatable bonds is 6. The molecule has 27 heavy (non-hydrogen) atoms. The van der Waals surface area contributed by atoms with Crippen molar-refractivity contribution in [3.8, 4) is 0 Å². The van der Waals surface area contributed by atoms with Gasteiger partial charge in [-0.1, -0.05) is 24.3 Å². The van der Waals surface area contributed by atoms with E-state index < -0.39 is 10.0 Å². The van der Waals surface area contributed by atoms with E-state index in [9.17, 15) is 17.6 Å². The number of benzene rings is 2. The zero-order valence-corrected chi connectivity index (χ0v) is 15.3. The molecule has 3 rings (SSSR count). The molecule has 2 unspecified atom stereocenters. The van der Waals surface area contributed by atoms with Crippen LogP contribution in [0.4, 0.5) is 4.39 Å². The zero-order chi connectivity index (χ0) is 19.4. The van der Waals surface area contributed by atoms with Crippen molar-refractivity contribution in [3.05, 3.63) is 65.5 Å². The van der Waals surface area contributed by atoms with Crippen molar-refractivity contribution in [2.75, 3.05) is 13.1 Å². The smallest absolute Gasteiger partial charge is 0.238 e. The Morgan fingerprint density at radius 3 is 2.44 bits per heavy atom. The maximum absolute atomic E-state index is 13.1. The van der Waals surface area contributed by atoms with Crippen LogP contribution in [0, 0.1) is 11.7 Å². The van der Waals surface area contributed by atoms with Crippen LogP contribution in [0.3, 0.4) is 0 Å². The van der Waals surface area contributed by atoms with Gasteiger partial charge in [-0.15, -0.1) is 0 Å². The van der Waals surface area contributed by atoms with Crippen molar-refractivity contribution in [1.29, 1.82) is 0 Å². The van der Waals surface area contributed by atoms with E-state index in [4.69, 9.17) is 5.14 Å². The predicted molar refractivity (Wildman–Crippen MR) is 98.3 cm³/mol. The van der Waals surface area contributed by atoms with Crippen LogP contribution in [0.2, 0.25) is 0 Å². The van der Waals surface area contributed by atoms with Gasteiger partial charge >= 0.3 is 0 Å². The van der Waals surface area contributed by atoms with E-state index in [0.29, 0.717) is 19.5 Å². The first kappa shape index (κ1) is 19.4. The minimum absolute atomic E-state index is 0.0560. The van der Waals surface area contributed by atoms with Crippen LogP contribution in [-0.2, 0) is 21.2 Å². The molecule has 1 aliphatic rings. The third-order valence-corrected chi connectivity index (χ3v) is 5.44. The molecule has 144 valence electrons. The molecule has 0 saturated carbocycles. The largest absolute Gasteiger partial charge is 0.355 e. The van der Waals surface area contributed by atoms with Gasteiger partial charge in [0.2, 0.25) is 15.9 Å². The third-order valence-electron chi connectivity index (χ3n) is 4.51. The lowest BCUT2D eigenvalue weighted by Crippen LogP contribution is -2.36. The van der Waals surface area contributed by atoms with Crippen LogP contribution in [0.5, 0.6) is 0 Å². The highest BCUT2D eigenvalue weighted by Gasteiger charge is 2.33. The molecule has 0 bridgehead atoms. The lowest BCUT2D eigenvalue weighted by Gasteiger charge is -2.18. The summed E-state index contributed by atoms with van der Waals surface area (Å²) < 4.78 is 35.6. The van der Waals surface area contributed by atoms with Gasteiger partial charge in [-0.05, 0) is 41.8 Å². The van der Waals surface area contributed by atoms with Crippen molar-refractivity contribution < 1.29 is 17.6 Å². The van der Waals surface area contributed by atoms with E-state index in [2.05, 4.69) is 16.2 Å². The first-order chi connectivity index (χ1) is 12.8. The van der Waals surface area contributed by atoms with Gasteiger partial charge in [0.1, 0.15) is 5.82 Å². The van der Waals surface area contributed by atoms with Crippen LogP contribution >= 0.6 is 0 Å². The van der Waals surface area contributed by atoms with Gasteiger partial charge in [0, 0.05) is 13.1 Å². The van der Waals surface area contributed by atoms with Crippen LogP contribution in [0.1, 0.15) is 17.2 Å². The Balaban J connectivity index is 1.55. The Morgan fingerprint density at radius 2 is 1.81 bits per heavy atom. The van der Waals surface area contributed by atoms with E-state index >= 15 is 0 Å². The summed E-state index contributed by atoms with van der Waals surface area (Å²) >= 11 is 0. The van der Waals surface area contributed by atoms with E-state index in [0.717, 1.165) is 11.1 Å². The number of hydrogen-bond acceptors (Lipinski definition) is 5. The van der Waals surface area contributed by atoms with E-state index in [1.807, 2.05) is 0 Å². The van der Waals surface area contributed by atoms with E-state index in [1.165, 1.54) is 24.3 Å². The predicted octanol–water partition coefficient (Wildman–Crippen LogP) is 0.597. The molecule has 5 N–H and O–H groups in total. The van der Waals surface area contributed by atoms with Gasteiger partial charge in [0.15, 0.2) is 0 Å². The molecule has 1 saturated heterocycles. The fourth-order valence-corrected chi connectivity index (χ4v) is 3.55. The van der Waals surface area contributed by atoms with E-state index in [1.54, 1.807) is 24.3 Å². The molecule has 1 fully saturated rings. The Kier molecular flexibility index (Phi) is 5.85. The Hall–Kier alpha value is -2.33. The Bertz CT molecular complexity index is 901. The van der Waals surface area contributed by atoms with Crippen molar-refractivity contribution in [2.24, 2.45) is 11.1 Å². The molecule has 7 nitrogen and oxygen atoms in total. The third kappa shape index (κ3) is 4.89. The van der Waals surface area contributed by atoms with Crippen molar-refractivity contribution in [3.63, 3.8) is 0 Å². The van der Waals surface area contributed by atoms with Gasteiger partial charge in [-0.25, -0.2) is 23.4 Å². The molecular weight excluding hydrogens is 371 g/mol. The molecule has 0 spiro atoms. The minimum atomic E-state index is -3.71. The summed E-state index contributed by atoms with van der Waals surface area (Å²) in [6, 6.07) is 12.1. The van der Waals surface area contributed by atoms with E-state index in [-0.39, 0.29) is 28.6 Å². The number of nitrogens with one attached hydrogen (secondary N) is 3. The van der Waals surface area contributed by atoms with Crippen molar-refractivity contribution in [2.45, 2.75) is 17.4 Å². The highest BCUT2D eigenvalue weighted by atomic mass is 32.2. The molecular formula is C18H21FN4O3S. The minimum Gasteiger partial charge on any atom is -0.355 e. The number of hydrogen-bond donors (Lipinski definition) is 4. The second kappa shape index (κ2) is 8.13. The van der Waals surface area contributed by atoms with Gasteiger partial charge in [0.25, 0.3) is 0 Å². The van der Waals surface area contributed by atoms with Crippen molar-refractivity contribution >= 4 is 15.9 Å². The summed E-state index contributed by atoms with van der Waals surface area (Å²) in [7, 11) is -3.71. The van der Waals surface area contributed by atoms with Crippen LogP contribution in [0.25, 0.3) is 0 Å². The molecule has 1 heterocycles. The van der Waals surface area contributed by atoms with Crippen LogP contribution < -0.4 is 21.3 Å². The Labute approximate surface area is 157 Å². The molecule has 1 amide bonds. The van der Waals surface area contributed by atoms with Gasteiger partial charge < -0.3 is 5.32 Å². The van der Waals surface area contributed by atoms with Gasteiger partial charge in [0.05, 0.1) is 16.9 Å².